The van der Waals surface area contributed by atoms with Gasteiger partial charge in [0.1, 0.15) is 6.17 Å². The molecule has 3 nitrogen and oxygen atoms in total. The SMILES string of the molecule is CCC1c2ccccc2N2c3ncc([Si](CC)(CC)CC)cc3N(c3ccccc3)C2C1(CC)CC. The molecular weight excluding hydrogens is 454 g/mol. The van der Waals surface area contributed by atoms with Gasteiger partial charge < -0.3 is 9.80 Å². The van der Waals surface area contributed by atoms with E-state index in [1.165, 1.54) is 45.9 Å². The highest BCUT2D eigenvalue weighted by molar-refractivity contribution is 6.91. The van der Waals surface area contributed by atoms with E-state index >= 15 is 0 Å². The molecule has 0 aliphatic carbocycles. The van der Waals surface area contributed by atoms with Crippen molar-refractivity contribution in [3.63, 3.8) is 0 Å². The maximum Gasteiger partial charge on any atom is 0.158 e. The summed E-state index contributed by atoms with van der Waals surface area (Å²) in [5.41, 5.74) is 5.54. The van der Waals surface area contributed by atoms with Gasteiger partial charge in [-0.25, -0.2) is 4.98 Å². The standard InChI is InChI=1S/C32H43N3Si/c1-7-27-26-20-16-17-21-28(26)35-30-29(22-25(23-33-30)36(10-4,11-5)12-6)34(24-18-14-13-15-19-24)31(35)32(27,8-2)9-3/h13-23,27,31H,7-12H2,1-6H3. The van der Waals surface area contributed by atoms with Crippen LogP contribution in [0.4, 0.5) is 22.9 Å². The van der Waals surface area contributed by atoms with Gasteiger partial charge in [-0.2, -0.15) is 0 Å². The Hall–Kier alpha value is -2.59. The lowest BCUT2D eigenvalue weighted by Crippen LogP contribution is -2.57. The predicted molar refractivity (Wildman–Crippen MR) is 158 cm³/mol. The second kappa shape index (κ2) is 9.70. The zero-order valence-corrected chi connectivity index (χ0v) is 24.1. The van der Waals surface area contributed by atoms with E-state index in [-0.39, 0.29) is 11.6 Å². The van der Waals surface area contributed by atoms with Crippen LogP contribution in [0.5, 0.6) is 0 Å². The summed E-state index contributed by atoms with van der Waals surface area (Å²) in [6.45, 7) is 14.4. The number of pyridine rings is 1. The molecule has 0 saturated heterocycles. The van der Waals surface area contributed by atoms with Gasteiger partial charge in [0.25, 0.3) is 0 Å². The molecule has 2 atom stereocenters. The fraction of sp³-hybridized carbons (Fsp3) is 0.469. The largest absolute Gasteiger partial charge is 0.316 e. The van der Waals surface area contributed by atoms with Gasteiger partial charge in [-0.05, 0) is 60.2 Å². The van der Waals surface area contributed by atoms with E-state index in [1.807, 2.05) is 0 Å². The molecule has 3 heterocycles. The average Bonchev–Trinajstić information content (AvgIpc) is 3.29. The number of hydrogen-bond acceptors (Lipinski definition) is 3. The molecule has 0 N–H and O–H groups in total. The topological polar surface area (TPSA) is 19.4 Å². The highest BCUT2D eigenvalue weighted by Gasteiger charge is 2.57. The average molecular weight is 498 g/mol. The number of benzene rings is 2. The molecule has 0 amide bonds. The van der Waals surface area contributed by atoms with Crippen molar-refractivity contribution in [1.82, 2.24) is 4.98 Å². The minimum Gasteiger partial charge on any atom is -0.316 e. The summed E-state index contributed by atoms with van der Waals surface area (Å²) in [6, 6.07) is 26.6. The fourth-order valence-electron chi connectivity index (χ4n) is 7.68. The minimum atomic E-state index is -1.57. The van der Waals surface area contributed by atoms with E-state index in [1.54, 1.807) is 0 Å². The summed E-state index contributed by atoms with van der Waals surface area (Å²) in [7, 11) is -1.57. The molecule has 0 saturated carbocycles. The normalized spacial score (nSPS) is 20.2. The predicted octanol–water partition coefficient (Wildman–Crippen LogP) is 8.73. The van der Waals surface area contributed by atoms with Gasteiger partial charge in [0.05, 0.1) is 13.8 Å². The lowest BCUT2D eigenvalue weighted by atomic mass is 9.62. The second-order valence-electron chi connectivity index (χ2n) is 10.8. The highest BCUT2D eigenvalue weighted by atomic mass is 28.3. The van der Waals surface area contributed by atoms with Crippen molar-refractivity contribution in [2.75, 3.05) is 9.80 Å². The van der Waals surface area contributed by atoms with Gasteiger partial charge in [-0.3, -0.25) is 0 Å². The molecule has 0 fully saturated rings. The number of para-hydroxylation sites is 2. The van der Waals surface area contributed by atoms with Crippen LogP contribution in [0.3, 0.4) is 0 Å². The molecule has 2 aliphatic rings. The Morgan fingerprint density at radius 1 is 0.778 bits per heavy atom. The number of rotatable bonds is 8. The molecule has 2 aromatic carbocycles. The Labute approximate surface area is 219 Å². The fourth-order valence-corrected chi connectivity index (χ4v) is 11.2. The van der Waals surface area contributed by atoms with Gasteiger partial charge in [-0.15, -0.1) is 0 Å². The van der Waals surface area contributed by atoms with Gasteiger partial charge in [-0.1, -0.05) is 96.1 Å². The zero-order chi connectivity index (χ0) is 25.5. The van der Waals surface area contributed by atoms with Crippen molar-refractivity contribution in [3.8, 4) is 0 Å². The summed E-state index contributed by atoms with van der Waals surface area (Å²) < 4.78 is 0. The van der Waals surface area contributed by atoms with E-state index in [2.05, 4.69) is 118 Å². The van der Waals surface area contributed by atoms with Crippen LogP contribution in [0.1, 0.15) is 72.3 Å². The smallest absolute Gasteiger partial charge is 0.158 e. The zero-order valence-electron chi connectivity index (χ0n) is 23.1. The third-order valence-corrected chi connectivity index (χ3v) is 15.6. The van der Waals surface area contributed by atoms with E-state index in [0.717, 1.165) is 25.1 Å². The van der Waals surface area contributed by atoms with Gasteiger partial charge in [0.15, 0.2) is 5.82 Å². The van der Waals surface area contributed by atoms with Crippen molar-refractivity contribution >= 4 is 36.1 Å². The van der Waals surface area contributed by atoms with Gasteiger partial charge >= 0.3 is 0 Å². The van der Waals surface area contributed by atoms with Crippen LogP contribution in [-0.2, 0) is 0 Å². The maximum atomic E-state index is 5.33. The lowest BCUT2D eigenvalue weighted by Gasteiger charge is -2.55. The van der Waals surface area contributed by atoms with Crippen molar-refractivity contribution in [2.45, 2.75) is 91.0 Å². The lowest BCUT2D eigenvalue weighted by molar-refractivity contribution is 0.143. The Morgan fingerprint density at radius 2 is 1.42 bits per heavy atom. The summed E-state index contributed by atoms with van der Waals surface area (Å²) in [6.07, 6.45) is 5.89. The van der Waals surface area contributed by atoms with Crippen LogP contribution in [0, 0.1) is 5.41 Å². The van der Waals surface area contributed by atoms with E-state index in [0.29, 0.717) is 5.92 Å². The first-order valence-corrected chi connectivity index (χ1v) is 16.9. The number of nitrogens with zero attached hydrogens (tertiary/aromatic N) is 3. The molecule has 3 aromatic rings. The molecule has 36 heavy (non-hydrogen) atoms. The Kier molecular flexibility index (Phi) is 6.76. The van der Waals surface area contributed by atoms with Crippen molar-refractivity contribution in [3.05, 3.63) is 72.4 Å². The van der Waals surface area contributed by atoms with Crippen LogP contribution >= 0.6 is 0 Å². The highest BCUT2D eigenvalue weighted by Crippen LogP contribution is 2.62. The molecule has 0 spiro atoms. The molecule has 0 radical (unpaired) electrons. The summed E-state index contributed by atoms with van der Waals surface area (Å²) >= 11 is 0. The molecule has 4 heteroatoms. The van der Waals surface area contributed by atoms with Crippen LogP contribution in [0.25, 0.3) is 0 Å². The molecule has 0 bridgehead atoms. The Bertz CT molecular complexity index is 1190. The first kappa shape index (κ1) is 25.1. The molecule has 2 unspecified atom stereocenters. The van der Waals surface area contributed by atoms with Crippen LogP contribution < -0.4 is 15.0 Å². The Morgan fingerprint density at radius 3 is 2.03 bits per heavy atom. The van der Waals surface area contributed by atoms with E-state index < -0.39 is 8.07 Å². The third kappa shape index (κ3) is 3.40. The van der Waals surface area contributed by atoms with Crippen LogP contribution in [0.2, 0.25) is 18.1 Å². The number of aromatic nitrogens is 1. The van der Waals surface area contributed by atoms with Crippen molar-refractivity contribution in [2.24, 2.45) is 5.41 Å². The molecule has 190 valence electrons. The summed E-state index contributed by atoms with van der Waals surface area (Å²) in [4.78, 5) is 10.6. The molecule has 5 rings (SSSR count). The van der Waals surface area contributed by atoms with Gasteiger partial charge in [0.2, 0.25) is 0 Å². The third-order valence-electron chi connectivity index (χ3n) is 10.0. The molecule has 2 aliphatic heterocycles. The summed E-state index contributed by atoms with van der Waals surface area (Å²) in [5.74, 6) is 1.65. The number of fused-ring (bicyclic) bond motifs is 5. The monoisotopic (exact) mass is 497 g/mol. The van der Waals surface area contributed by atoms with Gasteiger partial charge in [0, 0.05) is 23.0 Å². The molecular formula is C32H43N3Si. The van der Waals surface area contributed by atoms with Crippen molar-refractivity contribution < 1.29 is 0 Å². The number of hydrogen-bond donors (Lipinski definition) is 0. The number of anilines is 4. The van der Waals surface area contributed by atoms with Crippen molar-refractivity contribution in [1.29, 1.82) is 0 Å². The van der Waals surface area contributed by atoms with E-state index in [4.69, 9.17) is 4.98 Å². The van der Waals surface area contributed by atoms with E-state index in [9.17, 15) is 0 Å². The summed E-state index contributed by atoms with van der Waals surface area (Å²) in [5, 5.41) is 1.52. The van der Waals surface area contributed by atoms with Crippen LogP contribution in [0.15, 0.2) is 66.9 Å². The minimum absolute atomic E-state index is 0.120. The second-order valence-corrected chi connectivity index (χ2v) is 16.1. The Balaban J connectivity index is 1.83. The first-order valence-electron chi connectivity index (χ1n) is 14.3. The maximum absolute atomic E-state index is 5.33. The molecule has 1 aromatic heterocycles. The quantitative estimate of drug-likeness (QED) is 0.290. The van der Waals surface area contributed by atoms with Crippen LogP contribution in [-0.4, -0.2) is 19.2 Å². The first-order chi connectivity index (χ1) is 17.6.